The summed E-state index contributed by atoms with van der Waals surface area (Å²) in [5, 5.41) is 2.91. The first-order chi connectivity index (χ1) is 11.6. The molecule has 0 bridgehead atoms. The first kappa shape index (κ1) is 19.7. The Morgan fingerprint density at radius 2 is 1.88 bits per heavy atom. The van der Waals surface area contributed by atoms with Gasteiger partial charge in [0.2, 0.25) is 15.9 Å². The lowest BCUT2D eigenvalue weighted by Gasteiger charge is -2.21. The molecular weight excluding hydrogens is 340 g/mol. The minimum Gasteiger partial charge on any atom is -0.496 e. The number of nitrogens with one attached hydrogen (secondary N) is 1. The second kappa shape index (κ2) is 7.74. The Morgan fingerprint density at radius 1 is 1.24 bits per heavy atom. The van der Waals surface area contributed by atoms with Crippen molar-refractivity contribution < 1.29 is 17.9 Å². The van der Waals surface area contributed by atoms with E-state index in [4.69, 9.17) is 4.74 Å². The summed E-state index contributed by atoms with van der Waals surface area (Å²) in [5.41, 5.74) is 0.439. The van der Waals surface area contributed by atoms with Gasteiger partial charge in [-0.3, -0.25) is 4.79 Å². The zero-order chi connectivity index (χ0) is 18.7. The van der Waals surface area contributed by atoms with E-state index < -0.39 is 10.0 Å². The van der Waals surface area contributed by atoms with Gasteiger partial charge in [-0.1, -0.05) is 0 Å². The van der Waals surface area contributed by atoms with Crippen molar-refractivity contribution in [1.29, 1.82) is 0 Å². The summed E-state index contributed by atoms with van der Waals surface area (Å²) in [6.07, 6.45) is 2.50. The molecule has 1 heterocycles. The molecule has 0 atom stereocenters. The van der Waals surface area contributed by atoms with Crippen LogP contribution in [0, 0.1) is 0 Å². The molecule has 6 nitrogen and oxygen atoms in total. The van der Waals surface area contributed by atoms with Crippen molar-refractivity contribution in [3.63, 3.8) is 0 Å². The number of hydrogen-bond donors (Lipinski definition) is 1. The Balaban J connectivity index is 2.18. The topological polar surface area (TPSA) is 75.7 Å². The Labute approximate surface area is 150 Å². The Hall–Kier alpha value is -1.60. The highest BCUT2D eigenvalue weighted by molar-refractivity contribution is 7.89. The van der Waals surface area contributed by atoms with Gasteiger partial charge < -0.3 is 10.1 Å². The first-order valence-electron chi connectivity index (χ1n) is 8.61. The Morgan fingerprint density at radius 3 is 2.44 bits per heavy atom. The van der Waals surface area contributed by atoms with Crippen LogP contribution >= 0.6 is 0 Å². The van der Waals surface area contributed by atoms with Crippen molar-refractivity contribution >= 4 is 15.9 Å². The van der Waals surface area contributed by atoms with Crippen LogP contribution in [-0.4, -0.2) is 44.4 Å². The molecular formula is C18H28N2O4S. The van der Waals surface area contributed by atoms with Gasteiger partial charge >= 0.3 is 0 Å². The standard InChI is InChI=1S/C18H28N2O4S/c1-18(2,3)19-17(21)10-7-14-13-15(8-9-16(14)24-4)25(22,23)20-11-5-6-12-20/h8-9,13H,5-7,10-12H2,1-4H3,(H,19,21). The monoisotopic (exact) mass is 368 g/mol. The Bertz CT molecular complexity index is 717. The average Bonchev–Trinajstić information content (AvgIpc) is 3.06. The fourth-order valence-electron chi connectivity index (χ4n) is 2.92. The van der Waals surface area contributed by atoms with Crippen molar-refractivity contribution in [1.82, 2.24) is 9.62 Å². The number of nitrogens with zero attached hydrogens (tertiary/aromatic N) is 1. The molecule has 7 heteroatoms. The normalized spacial score (nSPS) is 16.0. The molecule has 25 heavy (non-hydrogen) atoms. The highest BCUT2D eigenvalue weighted by Crippen LogP contribution is 2.27. The molecule has 1 amide bonds. The fraction of sp³-hybridized carbons (Fsp3) is 0.611. The number of amides is 1. The van der Waals surface area contributed by atoms with Crippen LogP contribution in [0.4, 0.5) is 0 Å². The zero-order valence-electron chi connectivity index (χ0n) is 15.5. The summed E-state index contributed by atoms with van der Waals surface area (Å²) >= 11 is 0. The second-order valence-electron chi connectivity index (χ2n) is 7.38. The maximum Gasteiger partial charge on any atom is 0.243 e. The molecule has 0 saturated carbocycles. The van der Waals surface area contributed by atoms with Gasteiger partial charge in [0.1, 0.15) is 5.75 Å². The van der Waals surface area contributed by atoms with Crippen LogP contribution in [0.15, 0.2) is 23.1 Å². The van der Waals surface area contributed by atoms with Crippen LogP contribution in [0.3, 0.4) is 0 Å². The fourth-order valence-corrected chi connectivity index (χ4v) is 4.49. The lowest BCUT2D eigenvalue weighted by Crippen LogP contribution is -2.40. The van der Waals surface area contributed by atoms with Crippen LogP contribution < -0.4 is 10.1 Å². The average molecular weight is 368 g/mol. The summed E-state index contributed by atoms with van der Waals surface area (Å²) in [6.45, 7) is 6.91. The minimum absolute atomic E-state index is 0.0673. The smallest absolute Gasteiger partial charge is 0.243 e. The van der Waals surface area contributed by atoms with E-state index in [-0.39, 0.29) is 22.8 Å². The quantitative estimate of drug-likeness (QED) is 0.836. The molecule has 1 aliphatic rings. The van der Waals surface area contributed by atoms with Gasteiger partial charge in [-0.15, -0.1) is 0 Å². The minimum atomic E-state index is -3.48. The van der Waals surface area contributed by atoms with Gasteiger partial charge in [-0.2, -0.15) is 4.31 Å². The summed E-state index contributed by atoms with van der Waals surface area (Å²) < 4.78 is 32.3. The van der Waals surface area contributed by atoms with Crippen LogP contribution in [0.2, 0.25) is 0 Å². The molecule has 2 rings (SSSR count). The molecule has 1 aromatic carbocycles. The lowest BCUT2D eigenvalue weighted by atomic mass is 10.1. The summed E-state index contributed by atoms with van der Waals surface area (Å²) in [4.78, 5) is 12.3. The van der Waals surface area contributed by atoms with Crippen molar-refractivity contribution in [2.45, 2.75) is 56.9 Å². The maximum atomic E-state index is 12.7. The van der Waals surface area contributed by atoms with Crippen LogP contribution in [0.5, 0.6) is 5.75 Å². The van der Waals surface area contributed by atoms with E-state index in [0.717, 1.165) is 18.4 Å². The molecule has 0 aromatic heterocycles. The number of hydrogen-bond acceptors (Lipinski definition) is 4. The molecule has 0 unspecified atom stereocenters. The number of benzene rings is 1. The molecule has 140 valence electrons. The third-order valence-electron chi connectivity index (χ3n) is 4.09. The highest BCUT2D eigenvalue weighted by Gasteiger charge is 2.27. The molecule has 1 fully saturated rings. The van der Waals surface area contributed by atoms with Gasteiger partial charge in [0.05, 0.1) is 12.0 Å². The summed E-state index contributed by atoms with van der Waals surface area (Å²) in [5.74, 6) is 0.534. The van der Waals surface area contributed by atoms with E-state index in [0.29, 0.717) is 25.3 Å². The molecule has 1 aliphatic heterocycles. The van der Waals surface area contributed by atoms with Crippen LogP contribution in [-0.2, 0) is 21.2 Å². The molecule has 1 N–H and O–H groups in total. The molecule has 1 saturated heterocycles. The highest BCUT2D eigenvalue weighted by atomic mass is 32.2. The third-order valence-corrected chi connectivity index (χ3v) is 5.99. The summed E-state index contributed by atoms with van der Waals surface area (Å²) in [6, 6.07) is 4.88. The molecule has 0 aliphatic carbocycles. The van der Waals surface area contributed by atoms with Crippen molar-refractivity contribution in [2.75, 3.05) is 20.2 Å². The SMILES string of the molecule is COc1ccc(S(=O)(=O)N2CCCC2)cc1CCC(=O)NC(C)(C)C. The van der Waals surface area contributed by atoms with E-state index in [2.05, 4.69) is 5.32 Å². The van der Waals surface area contributed by atoms with Gasteiger partial charge in [0.15, 0.2) is 0 Å². The van der Waals surface area contributed by atoms with E-state index >= 15 is 0 Å². The zero-order valence-corrected chi connectivity index (χ0v) is 16.3. The number of carbonyl (C=O) groups is 1. The van der Waals surface area contributed by atoms with E-state index in [9.17, 15) is 13.2 Å². The number of carbonyl (C=O) groups excluding carboxylic acids is 1. The van der Waals surface area contributed by atoms with E-state index in [1.807, 2.05) is 20.8 Å². The summed E-state index contributed by atoms with van der Waals surface area (Å²) in [7, 11) is -1.93. The predicted molar refractivity (Wildman–Crippen MR) is 97.2 cm³/mol. The van der Waals surface area contributed by atoms with Crippen molar-refractivity contribution in [3.8, 4) is 5.75 Å². The Kier molecular flexibility index (Phi) is 6.11. The lowest BCUT2D eigenvalue weighted by molar-refractivity contribution is -0.122. The van der Waals surface area contributed by atoms with Gasteiger partial charge in [-0.05, 0) is 63.8 Å². The van der Waals surface area contributed by atoms with Gasteiger partial charge in [0, 0.05) is 25.0 Å². The van der Waals surface area contributed by atoms with Crippen LogP contribution in [0.25, 0.3) is 0 Å². The number of methoxy groups -OCH3 is 1. The number of aryl methyl sites for hydroxylation is 1. The van der Waals surface area contributed by atoms with Gasteiger partial charge in [0.25, 0.3) is 0 Å². The largest absolute Gasteiger partial charge is 0.496 e. The van der Waals surface area contributed by atoms with E-state index in [1.165, 1.54) is 4.31 Å². The van der Waals surface area contributed by atoms with Crippen molar-refractivity contribution in [3.05, 3.63) is 23.8 Å². The third kappa shape index (κ3) is 5.19. The number of rotatable bonds is 6. The predicted octanol–water partition coefficient (Wildman–Crippen LogP) is 2.33. The second-order valence-corrected chi connectivity index (χ2v) is 9.32. The molecule has 1 aromatic rings. The number of ether oxygens (including phenoxy) is 1. The number of sulfonamides is 1. The molecule has 0 spiro atoms. The van der Waals surface area contributed by atoms with Crippen LogP contribution in [0.1, 0.15) is 45.6 Å². The van der Waals surface area contributed by atoms with Crippen molar-refractivity contribution in [2.24, 2.45) is 0 Å². The first-order valence-corrected chi connectivity index (χ1v) is 10.1. The van der Waals surface area contributed by atoms with E-state index in [1.54, 1.807) is 25.3 Å². The maximum absolute atomic E-state index is 12.7. The van der Waals surface area contributed by atoms with Gasteiger partial charge in [-0.25, -0.2) is 8.42 Å². The molecule has 0 radical (unpaired) electrons.